The Labute approximate surface area is 202 Å². The summed E-state index contributed by atoms with van der Waals surface area (Å²) in [6.07, 6.45) is -1.04. The lowest BCUT2D eigenvalue weighted by Crippen LogP contribution is -2.30. The summed E-state index contributed by atoms with van der Waals surface area (Å²) in [4.78, 5) is 42.7. The standard InChI is InChI=1S/C27H25N3O5/c1-16-9-14-24(34-4)23(15-16)29-25(31)17(2)35-27(33)19-10-12-20(13-11-19)30-18(3)28-22-8-6-5-7-21(22)26(30)32/h5-15,17H,1-4H3,(H,29,31). The first kappa shape index (κ1) is 23.7. The van der Waals surface area contributed by atoms with Gasteiger partial charge in [-0.25, -0.2) is 9.78 Å². The van der Waals surface area contributed by atoms with Crippen molar-refractivity contribution in [3.63, 3.8) is 0 Å². The van der Waals surface area contributed by atoms with Crippen molar-refractivity contribution >= 4 is 28.5 Å². The van der Waals surface area contributed by atoms with Gasteiger partial charge in [-0.1, -0.05) is 18.2 Å². The number of hydrogen-bond donors (Lipinski definition) is 1. The van der Waals surface area contributed by atoms with Crippen LogP contribution in [0, 0.1) is 13.8 Å². The van der Waals surface area contributed by atoms with Crippen molar-refractivity contribution in [1.29, 1.82) is 0 Å². The second-order valence-corrected chi connectivity index (χ2v) is 8.10. The quantitative estimate of drug-likeness (QED) is 0.423. The molecule has 0 saturated carbocycles. The van der Waals surface area contributed by atoms with Crippen LogP contribution in [-0.2, 0) is 9.53 Å². The molecule has 0 aliphatic carbocycles. The number of methoxy groups -OCH3 is 1. The summed E-state index contributed by atoms with van der Waals surface area (Å²) in [5.41, 5.74) is 2.69. The van der Waals surface area contributed by atoms with E-state index < -0.39 is 18.0 Å². The number of benzene rings is 3. The monoisotopic (exact) mass is 471 g/mol. The number of para-hydroxylation sites is 1. The summed E-state index contributed by atoms with van der Waals surface area (Å²) in [7, 11) is 1.51. The van der Waals surface area contributed by atoms with Crippen molar-refractivity contribution in [2.75, 3.05) is 12.4 Å². The molecule has 1 aromatic heterocycles. The van der Waals surface area contributed by atoms with Gasteiger partial charge in [-0.15, -0.1) is 0 Å². The number of esters is 1. The number of nitrogens with one attached hydrogen (secondary N) is 1. The molecule has 178 valence electrons. The molecule has 8 nitrogen and oxygen atoms in total. The van der Waals surface area contributed by atoms with Crippen LogP contribution in [0.1, 0.15) is 28.7 Å². The maximum atomic E-state index is 13.0. The van der Waals surface area contributed by atoms with E-state index in [1.165, 1.54) is 18.6 Å². The Morgan fingerprint density at radius 1 is 1.00 bits per heavy atom. The normalized spacial score (nSPS) is 11.7. The number of carbonyl (C=O) groups is 2. The molecule has 35 heavy (non-hydrogen) atoms. The molecule has 4 rings (SSSR count). The third-order valence-electron chi connectivity index (χ3n) is 5.57. The molecule has 8 heteroatoms. The van der Waals surface area contributed by atoms with E-state index >= 15 is 0 Å². The van der Waals surface area contributed by atoms with E-state index in [0.29, 0.717) is 33.9 Å². The Hall–Kier alpha value is -4.46. The largest absolute Gasteiger partial charge is 0.495 e. The molecule has 0 spiro atoms. The van der Waals surface area contributed by atoms with Crippen molar-refractivity contribution in [3.8, 4) is 11.4 Å². The van der Waals surface area contributed by atoms with Gasteiger partial charge >= 0.3 is 5.97 Å². The predicted octanol–water partition coefficient (Wildman–Crippen LogP) is 4.20. The zero-order valence-corrected chi connectivity index (χ0v) is 19.9. The van der Waals surface area contributed by atoms with E-state index in [1.807, 2.05) is 19.1 Å². The number of ether oxygens (including phenoxy) is 2. The van der Waals surface area contributed by atoms with Gasteiger partial charge in [0.2, 0.25) is 0 Å². The summed E-state index contributed by atoms with van der Waals surface area (Å²) in [6.45, 7) is 5.14. The fourth-order valence-corrected chi connectivity index (χ4v) is 3.73. The highest BCUT2D eigenvalue weighted by Crippen LogP contribution is 2.25. The lowest BCUT2D eigenvalue weighted by atomic mass is 10.2. The molecule has 0 saturated heterocycles. The van der Waals surface area contributed by atoms with Crippen LogP contribution < -0.4 is 15.6 Å². The minimum absolute atomic E-state index is 0.194. The predicted molar refractivity (Wildman–Crippen MR) is 133 cm³/mol. The molecule has 3 aromatic carbocycles. The van der Waals surface area contributed by atoms with Gasteiger partial charge in [0.25, 0.3) is 11.5 Å². The van der Waals surface area contributed by atoms with Crippen LogP contribution in [0.2, 0.25) is 0 Å². The second-order valence-electron chi connectivity index (χ2n) is 8.10. The second kappa shape index (κ2) is 9.80. The number of carbonyl (C=O) groups excluding carboxylic acids is 2. The number of aromatic nitrogens is 2. The average molecular weight is 472 g/mol. The zero-order valence-electron chi connectivity index (χ0n) is 19.9. The zero-order chi connectivity index (χ0) is 25.1. The van der Waals surface area contributed by atoms with Gasteiger partial charge in [-0.05, 0) is 74.9 Å². The Morgan fingerprint density at radius 2 is 1.71 bits per heavy atom. The van der Waals surface area contributed by atoms with Gasteiger partial charge in [0, 0.05) is 0 Å². The molecule has 1 N–H and O–H groups in total. The molecular weight excluding hydrogens is 446 g/mol. The van der Waals surface area contributed by atoms with Crippen molar-refractivity contribution in [2.45, 2.75) is 26.9 Å². The van der Waals surface area contributed by atoms with Gasteiger partial charge in [0.05, 0.1) is 35.0 Å². The molecule has 0 aliphatic rings. The van der Waals surface area contributed by atoms with Gasteiger partial charge in [0.1, 0.15) is 11.6 Å². The van der Waals surface area contributed by atoms with Gasteiger partial charge in [-0.3, -0.25) is 14.2 Å². The molecule has 1 amide bonds. The summed E-state index contributed by atoms with van der Waals surface area (Å²) in [6, 6.07) is 18.9. The molecule has 1 atom stereocenters. The van der Waals surface area contributed by atoms with Crippen LogP contribution in [-0.4, -0.2) is 34.6 Å². The fourth-order valence-electron chi connectivity index (χ4n) is 3.73. The fraction of sp³-hybridized carbons (Fsp3) is 0.185. The molecule has 1 unspecified atom stereocenters. The van der Waals surface area contributed by atoms with Crippen LogP contribution in [0.25, 0.3) is 16.6 Å². The van der Waals surface area contributed by atoms with Gasteiger partial charge in [0.15, 0.2) is 6.10 Å². The Balaban J connectivity index is 1.49. The van der Waals surface area contributed by atoms with Crippen molar-refractivity contribution in [3.05, 3.63) is 94.0 Å². The van der Waals surface area contributed by atoms with Gasteiger partial charge in [-0.2, -0.15) is 0 Å². The van der Waals surface area contributed by atoms with Crippen molar-refractivity contribution in [1.82, 2.24) is 9.55 Å². The van der Waals surface area contributed by atoms with Crippen LogP contribution in [0.3, 0.4) is 0 Å². The molecule has 0 radical (unpaired) electrons. The van der Waals surface area contributed by atoms with E-state index in [-0.39, 0.29) is 11.1 Å². The van der Waals surface area contributed by atoms with Crippen LogP contribution in [0.5, 0.6) is 5.75 Å². The van der Waals surface area contributed by atoms with E-state index in [1.54, 1.807) is 61.5 Å². The minimum atomic E-state index is -1.04. The molecule has 0 aliphatic heterocycles. The van der Waals surface area contributed by atoms with E-state index in [0.717, 1.165) is 5.56 Å². The van der Waals surface area contributed by atoms with Crippen molar-refractivity contribution < 1.29 is 19.1 Å². The maximum Gasteiger partial charge on any atom is 0.338 e. The van der Waals surface area contributed by atoms with Crippen LogP contribution >= 0.6 is 0 Å². The third kappa shape index (κ3) is 4.91. The SMILES string of the molecule is COc1ccc(C)cc1NC(=O)C(C)OC(=O)c1ccc(-n2c(C)nc3ccccc3c2=O)cc1. The lowest BCUT2D eigenvalue weighted by Gasteiger charge is -2.16. The first-order valence-corrected chi connectivity index (χ1v) is 11.0. The number of anilines is 1. The molecule has 0 bridgehead atoms. The summed E-state index contributed by atoms with van der Waals surface area (Å²) < 4.78 is 12.1. The number of aryl methyl sites for hydroxylation is 2. The highest BCUT2D eigenvalue weighted by atomic mass is 16.5. The Kier molecular flexibility index (Phi) is 6.64. The number of rotatable bonds is 6. The topological polar surface area (TPSA) is 99.5 Å². The van der Waals surface area contributed by atoms with Crippen LogP contribution in [0.4, 0.5) is 5.69 Å². The van der Waals surface area contributed by atoms with E-state index in [2.05, 4.69) is 10.3 Å². The highest BCUT2D eigenvalue weighted by Gasteiger charge is 2.20. The number of amides is 1. The third-order valence-corrected chi connectivity index (χ3v) is 5.57. The van der Waals surface area contributed by atoms with E-state index in [4.69, 9.17) is 9.47 Å². The first-order chi connectivity index (χ1) is 16.8. The smallest absolute Gasteiger partial charge is 0.338 e. The highest BCUT2D eigenvalue weighted by molar-refractivity contribution is 5.98. The molecular formula is C27H25N3O5. The maximum absolute atomic E-state index is 13.0. The van der Waals surface area contributed by atoms with Gasteiger partial charge < -0.3 is 14.8 Å². The molecule has 0 fully saturated rings. The molecule has 1 heterocycles. The molecule has 4 aromatic rings. The minimum Gasteiger partial charge on any atom is -0.495 e. The Bertz CT molecular complexity index is 1470. The average Bonchev–Trinajstić information content (AvgIpc) is 2.84. The van der Waals surface area contributed by atoms with E-state index in [9.17, 15) is 14.4 Å². The summed E-state index contributed by atoms with van der Waals surface area (Å²) in [5.74, 6) is -0.105. The van der Waals surface area contributed by atoms with Crippen molar-refractivity contribution in [2.24, 2.45) is 0 Å². The first-order valence-electron chi connectivity index (χ1n) is 11.0. The van der Waals surface area contributed by atoms with Crippen LogP contribution in [0.15, 0.2) is 71.5 Å². The Morgan fingerprint density at radius 3 is 2.43 bits per heavy atom. The summed E-state index contributed by atoms with van der Waals surface area (Å²) >= 11 is 0. The lowest BCUT2D eigenvalue weighted by molar-refractivity contribution is -0.123. The summed E-state index contributed by atoms with van der Waals surface area (Å²) in [5, 5.41) is 3.24. The number of hydrogen-bond acceptors (Lipinski definition) is 6. The number of nitrogens with zero attached hydrogens (tertiary/aromatic N) is 2. The number of fused-ring (bicyclic) bond motifs is 1.